The molecule has 0 amide bonds. The number of sulfonamides is 1. The Bertz CT molecular complexity index is 1070. The molecule has 0 aliphatic heterocycles. The molecule has 27 heavy (non-hydrogen) atoms. The van der Waals surface area contributed by atoms with Crippen LogP contribution in [0.15, 0.2) is 45.8 Å². The molecule has 0 radical (unpaired) electrons. The summed E-state index contributed by atoms with van der Waals surface area (Å²) < 4.78 is 32.5. The van der Waals surface area contributed by atoms with Crippen molar-refractivity contribution in [2.45, 2.75) is 32.2 Å². The number of halogens is 1. The average Bonchev–Trinajstić information content (AvgIpc) is 3.02. The molecule has 142 valence electrons. The van der Waals surface area contributed by atoms with Crippen molar-refractivity contribution in [3.05, 3.63) is 64.0 Å². The molecule has 0 aliphatic rings. The predicted octanol–water partition coefficient (Wildman–Crippen LogP) is 4.14. The Morgan fingerprint density at radius 1 is 1.11 bits per heavy atom. The van der Waals surface area contributed by atoms with Crippen molar-refractivity contribution in [3.8, 4) is 11.4 Å². The lowest BCUT2D eigenvalue weighted by Crippen LogP contribution is -2.28. The minimum Gasteiger partial charge on any atom is -0.338 e. The smallest absolute Gasteiger partial charge is 0.243 e. The Morgan fingerprint density at radius 3 is 2.41 bits per heavy atom. The summed E-state index contributed by atoms with van der Waals surface area (Å²) in [6, 6.07) is 10.8. The van der Waals surface area contributed by atoms with E-state index in [0.29, 0.717) is 32.4 Å². The first kappa shape index (κ1) is 19.5. The molecule has 0 saturated heterocycles. The van der Waals surface area contributed by atoms with Gasteiger partial charge in [0.1, 0.15) is 0 Å². The molecule has 3 rings (SSSR count). The monoisotopic (exact) mass is 405 g/mol. The van der Waals surface area contributed by atoms with Crippen LogP contribution in [0.4, 0.5) is 0 Å². The topological polar surface area (TPSA) is 76.3 Å². The van der Waals surface area contributed by atoms with Crippen molar-refractivity contribution in [2.24, 2.45) is 0 Å². The minimum absolute atomic E-state index is 0.0251. The number of hydrogen-bond acceptors (Lipinski definition) is 5. The minimum atomic E-state index is -3.69. The molecule has 0 N–H and O–H groups in total. The first-order chi connectivity index (χ1) is 12.7. The van der Waals surface area contributed by atoms with Gasteiger partial charge >= 0.3 is 0 Å². The maximum atomic E-state index is 13.0. The van der Waals surface area contributed by atoms with E-state index in [1.165, 1.54) is 11.4 Å². The highest BCUT2D eigenvalue weighted by Gasteiger charge is 2.26. The fourth-order valence-corrected chi connectivity index (χ4v) is 4.78. The molecule has 8 heteroatoms. The molecule has 6 nitrogen and oxygen atoms in total. The summed E-state index contributed by atoms with van der Waals surface area (Å²) in [7, 11) is -2.20. The van der Waals surface area contributed by atoms with Crippen LogP contribution in [0.2, 0.25) is 5.02 Å². The van der Waals surface area contributed by atoms with Gasteiger partial charge in [-0.25, -0.2) is 8.42 Å². The maximum Gasteiger partial charge on any atom is 0.243 e. The Morgan fingerprint density at radius 2 is 1.78 bits per heavy atom. The molecule has 0 aliphatic carbocycles. The molecule has 0 bridgehead atoms. The van der Waals surface area contributed by atoms with Crippen LogP contribution < -0.4 is 0 Å². The highest BCUT2D eigenvalue weighted by Crippen LogP contribution is 2.26. The second kappa shape index (κ2) is 7.42. The number of rotatable bonds is 5. The van der Waals surface area contributed by atoms with Gasteiger partial charge in [-0.2, -0.15) is 9.29 Å². The molecule has 1 aromatic heterocycles. The number of benzene rings is 2. The van der Waals surface area contributed by atoms with Gasteiger partial charge in [0, 0.05) is 17.6 Å². The van der Waals surface area contributed by atoms with Gasteiger partial charge in [0.2, 0.25) is 21.7 Å². The van der Waals surface area contributed by atoms with Crippen LogP contribution in [0.1, 0.15) is 22.6 Å². The summed E-state index contributed by atoms with van der Waals surface area (Å²) in [5.74, 6) is 0.569. The van der Waals surface area contributed by atoms with Crippen molar-refractivity contribution in [2.75, 3.05) is 7.05 Å². The molecule has 0 atom stereocenters. The van der Waals surface area contributed by atoms with Crippen LogP contribution in [0, 0.1) is 20.8 Å². The third kappa shape index (κ3) is 4.05. The zero-order valence-electron chi connectivity index (χ0n) is 15.5. The molecule has 3 aromatic rings. The number of nitrogens with zero attached hydrogens (tertiary/aromatic N) is 3. The van der Waals surface area contributed by atoms with Gasteiger partial charge < -0.3 is 4.52 Å². The lowest BCUT2D eigenvalue weighted by molar-refractivity contribution is 0.336. The van der Waals surface area contributed by atoms with E-state index in [1.807, 2.05) is 19.1 Å². The van der Waals surface area contributed by atoms with Crippen LogP contribution in [0.5, 0.6) is 0 Å². The third-order valence-corrected chi connectivity index (χ3v) is 6.53. The summed E-state index contributed by atoms with van der Waals surface area (Å²) >= 11 is 5.98. The van der Waals surface area contributed by atoms with Crippen LogP contribution >= 0.6 is 11.6 Å². The van der Waals surface area contributed by atoms with Gasteiger partial charge in [0.25, 0.3) is 0 Å². The van der Waals surface area contributed by atoms with Gasteiger partial charge in [-0.1, -0.05) is 46.6 Å². The van der Waals surface area contributed by atoms with E-state index in [9.17, 15) is 8.42 Å². The van der Waals surface area contributed by atoms with Crippen LogP contribution in [0.3, 0.4) is 0 Å². The van der Waals surface area contributed by atoms with Crippen molar-refractivity contribution in [3.63, 3.8) is 0 Å². The zero-order chi connectivity index (χ0) is 19.8. The Labute approximate surface area is 163 Å². The van der Waals surface area contributed by atoms with Crippen molar-refractivity contribution in [1.29, 1.82) is 0 Å². The highest BCUT2D eigenvalue weighted by atomic mass is 35.5. The average molecular weight is 406 g/mol. The van der Waals surface area contributed by atoms with Crippen LogP contribution in [0.25, 0.3) is 11.4 Å². The Kier molecular flexibility index (Phi) is 5.37. The Hall–Kier alpha value is -2.22. The predicted molar refractivity (Wildman–Crippen MR) is 104 cm³/mol. The van der Waals surface area contributed by atoms with Crippen molar-refractivity contribution >= 4 is 21.6 Å². The highest BCUT2D eigenvalue weighted by molar-refractivity contribution is 7.89. The van der Waals surface area contributed by atoms with Gasteiger partial charge in [0.05, 0.1) is 11.4 Å². The Balaban J connectivity index is 1.86. The van der Waals surface area contributed by atoms with E-state index in [1.54, 1.807) is 38.1 Å². The standard InChI is InChI=1S/C19H20ClN3O3S/c1-12-8-13(2)18(14(3)9-12)27(24,25)23(4)11-17-21-19(22-26-17)15-6-5-7-16(20)10-15/h5-10H,11H2,1-4H3. The van der Waals surface area contributed by atoms with E-state index >= 15 is 0 Å². The van der Waals surface area contributed by atoms with Crippen LogP contribution in [-0.2, 0) is 16.6 Å². The lowest BCUT2D eigenvalue weighted by Gasteiger charge is -2.19. The number of aromatic nitrogens is 2. The summed E-state index contributed by atoms with van der Waals surface area (Å²) in [5, 5.41) is 4.48. The fraction of sp³-hybridized carbons (Fsp3) is 0.263. The first-order valence-corrected chi connectivity index (χ1v) is 10.1. The van der Waals surface area contributed by atoms with Crippen LogP contribution in [-0.4, -0.2) is 29.9 Å². The molecule has 0 unspecified atom stereocenters. The molecular weight excluding hydrogens is 386 g/mol. The van der Waals surface area contributed by atoms with Crippen molar-refractivity contribution in [1.82, 2.24) is 14.4 Å². The van der Waals surface area contributed by atoms with E-state index in [4.69, 9.17) is 16.1 Å². The second-order valence-corrected chi connectivity index (χ2v) is 8.93. The van der Waals surface area contributed by atoms with Gasteiger partial charge in [-0.3, -0.25) is 0 Å². The van der Waals surface area contributed by atoms with Crippen molar-refractivity contribution < 1.29 is 12.9 Å². The van der Waals surface area contributed by atoms with Gasteiger partial charge in [-0.05, 0) is 44.0 Å². The molecule has 0 fully saturated rings. The molecular formula is C19H20ClN3O3S. The summed E-state index contributed by atoms with van der Waals surface area (Å²) in [6.45, 7) is 5.51. The summed E-state index contributed by atoms with van der Waals surface area (Å²) in [6.07, 6.45) is 0. The van der Waals surface area contributed by atoms with Gasteiger partial charge in [-0.15, -0.1) is 0 Å². The number of aryl methyl sites for hydroxylation is 3. The van der Waals surface area contributed by atoms with Gasteiger partial charge in [0.15, 0.2) is 0 Å². The number of hydrogen-bond donors (Lipinski definition) is 0. The molecule has 2 aromatic carbocycles. The van der Waals surface area contributed by atoms with E-state index in [2.05, 4.69) is 10.1 Å². The molecule has 1 heterocycles. The lowest BCUT2D eigenvalue weighted by atomic mass is 10.1. The zero-order valence-corrected chi connectivity index (χ0v) is 17.1. The van der Waals surface area contributed by atoms with E-state index < -0.39 is 10.0 Å². The normalized spacial score (nSPS) is 11.9. The summed E-state index contributed by atoms with van der Waals surface area (Å²) in [5.41, 5.74) is 3.15. The second-order valence-electron chi connectivity index (χ2n) is 6.51. The van der Waals surface area contributed by atoms with E-state index in [-0.39, 0.29) is 12.4 Å². The van der Waals surface area contributed by atoms with E-state index in [0.717, 1.165) is 5.56 Å². The molecule has 0 saturated carbocycles. The largest absolute Gasteiger partial charge is 0.338 e. The first-order valence-electron chi connectivity index (χ1n) is 8.31. The fourth-order valence-electron chi connectivity index (χ4n) is 3.07. The maximum absolute atomic E-state index is 13.0. The SMILES string of the molecule is Cc1cc(C)c(S(=O)(=O)N(C)Cc2nc(-c3cccc(Cl)c3)no2)c(C)c1. The molecule has 0 spiro atoms. The quantitative estimate of drug-likeness (QED) is 0.637. The third-order valence-electron chi connectivity index (χ3n) is 4.18. The summed E-state index contributed by atoms with van der Waals surface area (Å²) in [4.78, 5) is 4.60.